The van der Waals surface area contributed by atoms with Crippen molar-refractivity contribution in [1.29, 1.82) is 0 Å². The highest BCUT2D eigenvalue weighted by atomic mass is 19.1. The Bertz CT molecular complexity index is 1010. The summed E-state index contributed by atoms with van der Waals surface area (Å²) in [6.07, 6.45) is 5.62. The first kappa shape index (κ1) is 19.0. The minimum atomic E-state index is -0.383. The molecule has 1 aliphatic heterocycles. The summed E-state index contributed by atoms with van der Waals surface area (Å²) in [7, 11) is 0. The van der Waals surface area contributed by atoms with Gasteiger partial charge in [-0.25, -0.2) is 9.37 Å². The number of benzene rings is 1. The molecule has 1 fully saturated rings. The summed E-state index contributed by atoms with van der Waals surface area (Å²) in [5.41, 5.74) is 1.50. The molecule has 1 atom stereocenters. The number of aromatic nitrogens is 3. The number of aryl methyl sites for hydroxylation is 1. The molecule has 0 saturated carbocycles. The van der Waals surface area contributed by atoms with Crippen molar-refractivity contribution in [2.24, 2.45) is 0 Å². The van der Waals surface area contributed by atoms with Crippen molar-refractivity contribution in [2.45, 2.75) is 32.1 Å². The van der Waals surface area contributed by atoms with Crippen LogP contribution in [-0.2, 0) is 6.42 Å². The number of likely N-dealkylation sites (tertiary alicyclic amines) is 1. The van der Waals surface area contributed by atoms with Crippen LogP contribution in [0.25, 0.3) is 0 Å². The Balaban J connectivity index is 1.47. The third kappa shape index (κ3) is 4.42. The molecule has 2 aromatic heterocycles. The van der Waals surface area contributed by atoms with Gasteiger partial charge >= 0.3 is 0 Å². The molecule has 0 bridgehead atoms. The van der Waals surface area contributed by atoms with Gasteiger partial charge in [0.15, 0.2) is 0 Å². The van der Waals surface area contributed by atoms with Crippen molar-refractivity contribution in [3.63, 3.8) is 0 Å². The van der Waals surface area contributed by atoms with E-state index in [1.54, 1.807) is 29.3 Å². The molecule has 1 amide bonds. The largest absolute Gasteiger partial charge is 0.437 e. The zero-order valence-corrected chi connectivity index (χ0v) is 16.0. The molecular formula is C21H21FN4O3. The molecule has 8 heteroatoms. The number of ether oxygens (including phenoxy) is 1. The molecule has 1 aliphatic rings. The Kier molecular flexibility index (Phi) is 5.50. The van der Waals surface area contributed by atoms with E-state index in [2.05, 4.69) is 15.1 Å². The maximum atomic E-state index is 13.4. The highest BCUT2D eigenvalue weighted by Crippen LogP contribution is 2.28. The number of rotatable bonds is 5. The van der Waals surface area contributed by atoms with Crippen molar-refractivity contribution in [3.05, 3.63) is 65.7 Å². The Morgan fingerprint density at radius 1 is 1.34 bits per heavy atom. The van der Waals surface area contributed by atoms with Crippen molar-refractivity contribution < 1.29 is 18.4 Å². The number of hydrogen-bond acceptors (Lipinski definition) is 6. The molecule has 4 rings (SSSR count). The average Bonchev–Trinajstić information content (AvgIpc) is 3.23. The summed E-state index contributed by atoms with van der Waals surface area (Å²) >= 11 is 0. The molecule has 0 unspecified atom stereocenters. The Labute approximate surface area is 167 Å². The second-order valence-electron chi connectivity index (χ2n) is 6.97. The Hall–Kier alpha value is -3.29. The smallest absolute Gasteiger partial charge is 0.292 e. The lowest BCUT2D eigenvalue weighted by atomic mass is 9.95. The predicted molar refractivity (Wildman–Crippen MR) is 102 cm³/mol. The zero-order valence-electron chi connectivity index (χ0n) is 16.0. The van der Waals surface area contributed by atoms with Crippen molar-refractivity contribution in [2.75, 3.05) is 13.1 Å². The minimum absolute atomic E-state index is 0.0322. The van der Waals surface area contributed by atoms with Crippen LogP contribution in [0.3, 0.4) is 0 Å². The van der Waals surface area contributed by atoms with Crippen molar-refractivity contribution in [3.8, 4) is 11.6 Å². The predicted octanol–water partition coefficient (Wildman–Crippen LogP) is 3.98. The molecule has 3 aromatic rings. The maximum absolute atomic E-state index is 13.4. The summed E-state index contributed by atoms with van der Waals surface area (Å²) in [5.74, 6) is 0.392. The zero-order chi connectivity index (χ0) is 20.2. The first-order valence-corrected chi connectivity index (χ1v) is 9.62. The summed E-state index contributed by atoms with van der Waals surface area (Å²) in [6.45, 7) is 3.13. The van der Waals surface area contributed by atoms with Crippen LogP contribution in [0.2, 0.25) is 0 Å². The van der Waals surface area contributed by atoms with Crippen LogP contribution in [0, 0.1) is 5.82 Å². The van der Waals surface area contributed by atoms with Gasteiger partial charge in [0.05, 0.1) is 17.6 Å². The number of amides is 1. The van der Waals surface area contributed by atoms with Gasteiger partial charge in [0.2, 0.25) is 11.6 Å². The summed E-state index contributed by atoms with van der Waals surface area (Å²) in [6, 6.07) is 7.55. The Morgan fingerprint density at radius 2 is 2.24 bits per heavy atom. The quantitative estimate of drug-likeness (QED) is 0.649. The molecule has 7 nitrogen and oxygen atoms in total. The molecule has 1 aromatic carbocycles. The normalized spacial score (nSPS) is 16.6. The first-order chi connectivity index (χ1) is 14.1. The van der Waals surface area contributed by atoms with Crippen LogP contribution in [-0.4, -0.2) is 39.0 Å². The molecule has 3 heterocycles. The van der Waals surface area contributed by atoms with Gasteiger partial charge in [-0.05, 0) is 31.4 Å². The van der Waals surface area contributed by atoms with E-state index in [9.17, 15) is 9.18 Å². The number of hydrogen-bond donors (Lipinski definition) is 0. The molecule has 0 aliphatic carbocycles. The SMILES string of the molecule is CCc1cc(C(=O)N2CCC[C@H](c3cncc(Oc4cccc(F)c4)n3)C2)on1. The van der Waals surface area contributed by atoms with E-state index < -0.39 is 0 Å². The van der Waals surface area contributed by atoms with E-state index in [4.69, 9.17) is 9.26 Å². The summed E-state index contributed by atoms with van der Waals surface area (Å²) in [5, 5.41) is 3.90. The van der Waals surface area contributed by atoms with Gasteiger partial charge in [-0.2, -0.15) is 0 Å². The number of carbonyl (C=O) groups excluding carboxylic acids is 1. The minimum Gasteiger partial charge on any atom is -0.437 e. The highest BCUT2D eigenvalue weighted by Gasteiger charge is 2.28. The summed E-state index contributed by atoms with van der Waals surface area (Å²) in [4.78, 5) is 23.2. The first-order valence-electron chi connectivity index (χ1n) is 9.62. The molecule has 150 valence electrons. The molecule has 0 radical (unpaired) electrons. The van der Waals surface area contributed by atoms with Crippen LogP contribution in [0.15, 0.2) is 47.2 Å². The molecule has 0 N–H and O–H groups in total. The van der Waals surface area contributed by atoms with Crippen molar-refractivity contribution in [1.82, 2.24) is 20.0 Å². The fourth-order valence-electron chi connectivity index (χ4n) is 3.40. The molecular weight excluding hydrogens is 375 g/mol. The standard InChI is InChI=1S/C21H21FN4O3/c1-2-16-10-19(29-25-16)21(27)26-8-4-5-14(13-26)18-11-23-12-20(24-18)28-17-7-3-6-15(22)9-17/h3,6-7,9-12,14H,2,4-5,8,13H2,1H3/t14-/m0/s1. The van der Waals surface area contributed by atoms with E-state index >= 15 is 0 Å². The van der Waals surface area contributed by atoms with Crippen LogP contribution in [0.5, 0.6) is 11.6 Å². The van der Waals surface area contributed by atoms with Crippen LogP contribution in [0.1, 0.15) is 47.6 Å². The van der Waals surface area contributed by atoms with Gasteiger partial charge < -0.3 is 14.2 Å². The van der Waals surface area contributed by atoms with E-state index in [0.717, 1.165) is 24.2 Å². The second-order valence-corrected chi connectivity index (χ2v) is 6.97. The van der Waals surface area contributed by atoms with Crippen LogP contribution in [0.4, 0.5) is 4.39 Å². The summed E-state index contributed by atoms with van der Waals surface area (Å²) < 4.78 is 24.2. The lowest BCUT2D eigenvalue weighted by molar-refractivity contribution is 0.0663. The average molecular weight is 396 g/mol. The number of carbonyl (C=O) groups is 1. The third-order valence-electron chi connectivity index (χ3n) is 4.91. The van der Waals surface area contributed by atoms with Gasteiger partial charge in [0.25, 0.3) is 5.91 Å². The van der Waals surface area contributed by atoms with Gasteiger partial charge in [0, 0.05) is 37.3 Å². The monoisotopic (exact) mass is 396 g/mol. The molecule has 29 heavy (non-hydrogen) atoms. The third-order valence-corrected chi connectivity index (χ3v) is 4.91. The Morgan fingerprint density at radius 3 is 3.03 bits per heavy atom. The van der Waals surface area contributed by atoms with Gasteiger partial charge in [-0.15, -0.1) is 0 Å². The van der Waals surface area contributed by atoms with E-state index in [1.165, 1.54) is 18.3 Å². The topological polar surface area (TPSA) is 81.4 Å². The van der Waals surface area contributed by atoms with Gasteiger partial charge in [0.1, 0.15) is 11.6 Å². The van der Waals surface area contributed by atoms with E-state index in [-0.39, 0.29) is 23.4 Å². The van der Waals surface area contributed by atoms with Gasteiger partial charge in [-0.3, -0.25) is 9.78 Å². The maximum Gasteiger partial charge on any atom is 0.292 e. The molecule has 1 saturated heterocycles. The van der Waals surface area contributed by atoms with Crippen molar-refractivity contribution >= 4 is 5.91 Å². The van der Waals surface area contributed by atoms with E-state index in [1.807, 2.05) is 6.92 Å². The molecule has 0 spiro atoms. The fourth-order valence-corrected chi connectivity index (χ4v) is 3.40. The number of halogens is 1. The fraction of sp³-hybridized carbons (Fsp3) is 0.333. The highest BCUT2D eigenvalue weighted by molar-refractivity contribution is 5.91. The number of nitrogens with zero attached hydrogens (tertiary/aromatic N) is 4. The number of piperidine rings is 1. The van der Waals surface area contributed by atoms with Crippen LogP contribution < -0.4 is 4.74 Å². The van der Waals surface area contributed by atoms with Gasteiger partial charge in [-0.1, -0.05) is 18.1 Å². The lowest BCUT2D eigenvalue weighted by Gasteiger charge is -2.31. The van der Waals surface area contributed by atoms with E-state index in [0.29, 0.717) is 31.1 Å². The lowest BCUT2D eigenvalue weighted by Crippen LogP contribution is -2.39. The second kappa shape index (κ2) is 8.38. The van der Waals surface area contributed by atoms with Crippen LogP contribution >= 0.6 is 0 Å².